The van der Waals surface area contributed by atoms with Gasteiger partial charge in [0, 0.05) is 9.30 Å². The van der Waals surface area contributed by atoms with Crippen molar-refractivity contribution in [3.05, 3.63) is 27.7 Å². The second kappa shape index (κ2) is 5.09. The highest BCUT2D eigenvalue weighted by molar-refractivity contribution is 9.10. The lowest BCUT2D eigenvalue weighted by molar-refractivity contribution is 0.413. The van der Waals surface area contributed by atoms with Gasteiger partial charge in [0.1, 0.15) is 5.75 Å². The van der Waals surface area contributed by atoms with Gasteiger partial charge in [-0.3, -0.25) is 0 Å². The first-order valence-corrected chi connectivity index (χ1v) is 7.33. The molecule has 1 nitrogen and oxygen atoms in total. The zero-order valence-corrected chi connectivity index (χ0v) is 12.8. The van der Waals surface area contributed by atoms with Gasteiger partial charge in [-0.05, 0) is 48.4 Å². The van der Waals surface area contributed by atoms with E-state index in [4.69, 9.17) is 4.74 Å². The number of methoxy groups -OCH3 is 1. The van der Waals surface area contributed by atoms with Crippen LogP contribution >= 0.6 is 31.9 Å². The molecule has 0 radical (unpaired) electrons. The summed E-state index contributed by atoms with van der Waals surface area (Å²) in [5, 5.41) is 0. The SMILES string of the molecule is COc1cc(Br)c2c(c1)C(Br)CC(C)CC2. The molecule has 2 rings (SSSR count). The molecule has 0 spiro atoms. The van der Waals surface area contributed by atoms with Gasteiger partial charge in [0.15, 0.2) is 0 Å². The van der Waals surface area contributed by atoms with Crippen LogP contribution in [0.15, 0.2) is 16.6 Å². The van der Waals surface area contributed by atoms with Gasteiger partial charge in [0.25, 0.3) is 0 Å². The van der Waals surface area contributed by atoms with Crippen LogP contribution in [0.4, 0.5) is 0 Å². The van der Waals surface area contributed by atoms with Crippen LogP contribution in [0.2, 0.25) is 0 Å². The third kappa shape index (κ3) is 2.45. The number of alkyl halides is 1. The van der Waals surface area contributed by atoms with E-state index in [-0.39, 0.29) is 0 Å². The Kier molecular flexibility index (Phi) is 3.96. The molecule has 0 heterocycles. The van der Waals surface area contributed by atoms with Crippen LogP contribution in [0.3, 0.4) is 0 Å². The van der Waals surface area contributed by atoms with E-state index in [2.05, 4.69) is 50.9 Å². The number of benzene rings is 1. The Hall–Kier alpha value is -0.0200. The second-order valence-electron chi connectivity index (χ2n) is 4.52. The maximum atomic E-state index is 5.33. The zero-order valence-electron chi connectivity index (χ0n) is 9.59. The average Bonchev–Trinajstić information content (AvgIpc) is 2.39. The molecule has 0 N–H and O–H groups in total. The highest BCUT2D eigenvalue weighted by atomic mass is 79.9. The summed E-state index contributed by atoms with van der Waals surface area (Å²) in [6, 6.07) is 4.23. The fourth-order valence-electron chi connectivity index (χ4n) is 2.28. The van der Waals surface area contributed by atoms with Gasteiger partial charge in [0.2, 0.25) is 0 Å². The van der Waals surface area contributed by atoms with Crippen molar-refractivity contribution in [3.63, 3.8) is 0 Å². The molecule has 1 aliphatic rings. The minimum Gasteiger partial charge on any atom is -0.497 e. The van der Waals surface area contributed by atoms with E-state index in [9.17, 15) is 0 Å². The minimum absolute atomic E-state index is 0.450. The van der Waals surface area contributed by atoms with Crippen LogP contribution in [0.25, 0.3) is 0 Å². The Morgan fingerprint density at radius 2 is 2.12 bits per heavy atom. The number of ether oxygens (including phenoxy) is 1. The first-order valence-electron chi connectivity index (χ1n) is 5.62. The van der Waals surface area contributed by atoms with Crippen molar-refractivity contribution < 1.29 is 4.74 Å². The maximum absolute atomic E-state index is 5.33. The molecule has 0 aliphatic heterocycles. The first-order chi connectivity index (χ1) is 7.61. The molecule has 2 atom stereocenters. The Labute approximate surface area is 114 Å². The molecule has 2 unspecified atom stereocenters. The van der Waals surface area contributed by atoms with E-state index < -0.39 is 0 Å². The quantitative estimate of drug-likeness (QED) is 0.520. The highest BCUT2D eigenvalue weighted by Crippen LogP contribution is 2.41. The zero-order chi connectivity index (χ0) is 11.7. The fraction of sp³-hybridized carbons (Fsp3) is 0.538. The maximum Gasteiger partial charge on any atom is 0.120 e. The lowest BCUT2D eigenvalue weighted by Crippen LogP contribution is -1.97. The normalized spacial score (nSPS) is 24.8. The molecule has 0 amide bonds. The van der Waals surface area contributed by atoms with Gasteiger partial charge < -0.3 is 4.74 Å². The molecule has 88 valence electrons. The monoisotopic (exact) mass is 346 g/mol. The van der Waals surface area contributed by atoms with E-state index >= 15 is 0 Å². The summed E-state index contributed by atoms with van der Waals surface area (Å²) in [6.45, 7) is 2.32. The largest absolute Gasteiger partial charge is 0.497 e. The summed E-state index contributed by atoms with van der Waals surface area (Å²) in [5.41, 5.74) is 2.82. The Balaban J connectivity index is 2.47. The number of hydrogen-bond donors (Lipinski definition) is 0. The Bertz CT molecular complexity index is 390. The number of fused-ring (bicyclic) bond motifs is 1. The van der Waals surface area contributed by atoms with Gasteiger partial charge in [-0.2, -0.15) is 0 Å². The van der Waals surface area contributed by atoms with Crippen molar-refractivity contribution in [2.75, 3.05) is 7.11 Å². The molecule has 0 saturated heterocycles. The van der Waals surface area contributed by atoms with Crippen LogP contribution < -0.4 is 4.74 Å². The van der Waals surface area contributed by atoms with Gasteiger partial charge in [0.05, 0.1) is 7.11 Å². The summed E-state index contributed by atoms with van der Waals surface area (Å²) >= 11 is 7.45. The molecule has 1 aromatic carbocycles. The third-order valence-electron chi connectivity index (χ3n) is 3.27. The van der Waals surface area contributed by atoms with Crippen molar-refractivity contribution in [2.45, 2.75) is 31.0 Å². The van der Waals surface area contributed by atoms with Gasteiger partial charge in [-0.25, -0.2) is 0 Å². The molecule has 0 bridgehead atoms. The topological polar surface area (TPSA) is 9.23 Å². The van der Waals surface area contributed by atoms with Crippen molar-refractivity contribution in [3.8, 4) is 5.75 Å². The van der Waals surface area contributed by atoms with Crippen molar-refractivity contribution in [2.24, 2.45) is 5.92 Å². The molecular formula is C13H16Br2O. The standard InChI is InChI=1S/C13H16Br2O/c1-8-3-4-10-11(12(14)5-8)6-9(16-2)7-13(10)15/h6-8,12H,3-5H2,1-2H3. The minimum atomic E-state index is 0.450. The lowest BCUT2D eigenvalue weighted by atomic mass is 10.0. The van der Waals surface area contributed by atoms with E-state index in [1.54, 1.807) is 7.11 Å². The summed E-state index contributed by atoms with van der Waals surface area (Å²) in [5.74, 6) is 1.71. The van der Waals surface area contributed by atoms with Gasteiger partial charge in [-0.1, -0.05) is 38.8 Å². The van der Waals surface area contributed by atoms with Crippen LogP contribution in [-0.2, 0) is 6.42 Å². The van der Waals surface area contributed by atoms with Gasteiger partial charge in [-0.15, -0.1) is 0 Å². The van der Waals surface area contributed by atoms with E-state index in [1.165, 1.54) is 28.4 Å². The van der Waals surface area contributed by atoms with Crippen LogP contribution in [0.5, 0.6) is 5.75 Å². The summed E-state index contributed by atoms with van der Waals surface area (Å²) in [7, 11) is 1.72. The predicted octanol–water partition coefficient (Wildman–Crippen LogP) is 4.87. The van der Waals surface area contributed by atoms with Crippen LogP contribution in [0, 0.1) is 5.92 Å². The highest BCUT2D eigenvalue weighted by Gasteiger charge is 2.22. The lowest BCUT2D eigenvalue weighted by Gasteiger charge is -2.15. The predicted molar refractivity (Wildman–Crippen MR) is 74.5 cm³/mol. The number of hydrogen-bond acceptors (Lipinski definition) is 1. The number of rotatable bonds is 1. The third-order valence-corrected chi connectivity index (χ3v) is 4.85. The van der Waals surface area contributed by atoms with E-state index in [0.29, 0.717) is 4.83 Å². The fourth-order valence-corrected chi connectivity index (χ4v) is 3.98. The van der Waals surface area contributed by atoms with Crippen molar-refractivity contribution >= 4 is 31.9 Å². The molecule has 16 heavy (non-hydrogen) atoms. The number of halogens is 2. The molecule has 0 aromatic heterocycles. The molecule has 0 saturated carbocycles. The smallest absolute Gasteiger partial charge is 0.120 e. The van der Waals surface area contributed by atoms with Crippen molar-refractivity contribution in [1.82, 2.24) is 0 Å². The molecule has 1 aliphatic carbocycles. The Morgan fingerprint density at radius 1 is 1.38 bits per heavy atom. The van der Waals surface area contributed by atoms with Crippen LogP contribution in [-0.4, -0.2) is 7.11 Å². The summed E-state index contributed by atoms with van der Waals surface area (Å²) < 4.78 is 6.51. The second-order valence-corrected chi connectivity index (χ2v) is 6.48. The van der Waals surface area contributed by atoms with Gasteiger partial charge >= 0.3 is 0 Å². The van der Waals surface area contributed by atoms with Crippen LogP contribution in [0.1, 0.15) is 35.7 Å². The van der Waals surface area contributed by atoms with E-state index in [1.807, 2.05) is 0 Å². The summed E-state index contributed by atoms with van der Waals surface area (Å²) in [4.78, 5) is 0.450. The Morgan fingerprint density at radius 3 is 2.81 bits per heavy atom. The molecule has 0 fully saturated rings. The van der Waals surface area contributed by atoms with Crippen molar-refractivity contribution in [1.29, 1.82) is 0 Å². The summed E-state index contributed by atoms with van der Waals surface area (Å²) in [6.07, 6.45) is 3.62. The molecule has 1 aromatic rings. The average molecular weight is 348 g/mol. The molecular weight excluding hydrogens is 332 g/mol. The van der Waals surface area contributed by atoms with E-state index in [0.717, 1.165) is 18.1 Å². The molecule has 3 heteroatoms. The first kappa shape index (κ1) is 12.4.